The van der Waals surface area contributed by atoms with E-state index in [1.807, 2.05) is 38.1 Å². The molecule has 0 saturated heterocycles. The molecule has 1 aliphatic heterocycles. The summed E-state index contributed by atoms with van der Waals surface area (Å²) in [6.07, 6.45) is 5.60. The molecular weight excluding hydrogens is 492 g/mol. The van der Waals surface area contributed by atoms with Gasteiger partial charge in [-0.25, -0.2) is 9.79 Å². The van der Waals surface area contributed by atoms with E-state index in [2.05, 4.69) is 55.4 Å². The highest BCUT2D eigenvalue weighted by atomic mass is 79.9. The van der Waals surface area contributed by atoms with Gasteiger partial charge in [0.15, 0.2) is 4.62 Å². The summed E-state index contributed by atoms with van der Waals surface area (Å²) in [5.41, 5.74) is 1.23. The molecule has 0 unspecified atom stereocenters. The standard InChI is InChI=1S/C28H41BrN2O3/c1-18(2)20-12-16-28(17-13-20)30-24(29)25(32)31(28)23(14-15-27(5,6)7)21-8-10-22(11-9-21)26(33)34-19(3)4/h8-11,18-20,23H,12-17H2,1-7H3/t20?,23-,28?/m1/s1. The van der Waals surface area contributed by atoms with Crippen molar-refractivity contribution < 1.29 is 14.3 Å². The summed E-state index contributed by atoms with van der Waals surface area (Å²) < 4.78 is 5.79. The van der Waals surface area contributed by atoms with E-state index in [0.717, 1.165) is 44.1 Å². The number of esters is 1. The Morgan fingerprint density at radius 1 is 1.15 bits per heavy atom. The van der Waals surface area contributed by atoms with Crippen LogP contribution in [0.5, 0.6) is 0 Å². The maximum Gasteiger partial charge on any atom is 0.338 e. The predicted octanol–water partition coefficient (Wildman–Crippen LogP) is 7.30. The van der Waals surface area contributed by atoms with Crippen LogP contribution in [0.3, 0.4) is 0 Å². The minimum absolute atomic E-state index is 0.0230. The fraction of sp³-hybridized carbons (Fsp3) is 0.679. The largest absolute Gasteiger partial charge is 0.459 e. The quantitative estimate of drug-likeness (QED) is 0.346. The number of halogens is 1. The Hall–Kier alpha value is -1.69. The van der Waals surface area contributed by atoms with Crippen molar-refractivity contribution in [1.29, 1.82) is 0 Å². The van der Waals surface area contributed by atoms with Gasteiger partial charge < -0.3 is 9.64 Å². The minimum atomic E-state index is -0.487. The van der Waals surface area contributed by atoms with E-state index in [0.29, 0.717) is 22.0 Å². The Bertz CT molecular complexity index is 907. The highest BCUT2D eigenvalue weighted by Gasteiger charge is 2.51. The van der Waals surface area contributed by atoms with Crippen LogP contribution in [-0.4, -0.2) is 33.2 Å². The third-order valence-electron chi connectivity index (χ3n) is 7.28. The highest BCUT2D eigenvalue weighted by Crippen LogP contribution is 2.48. The molecule has 1 aromatic carbocycles. The van der Waals surface area contributed by atoms with Crippen LogP contribution in [-0.2, 0) is 9.53 Å². The highest BCUT2D eigenvalue weighted by molar-refractivity contribution is 9.19. The number of carbonyl (C=O) groups is 2. The summed E-state index contributed by atoms with van der Waals surface area (Å²) in [5, 5.41) is 0. The summed E-state index contributed by atoms with van der Waals surface area (Å²) in [4.78, 5) is 32.9. The average Bonchev–Trinajstić information content (AvgIpc) is 2.97. The van der Waals surface area contributed by atoms with Gasteiger partial charge in [-0.3, -0.25) is 4.79 Å². The van der Waals surface area contributed by atoms with Crippen molar-refractivity contribution in [3.63, 3.8) is 0 Å². The summed E-state index contributed by atoms with van der Waals surface area (Å²) >= 11 is 3.48. The molecule has 1 amide bonds. The lowest BCUT2D eigenvalue weighted by molar-refractivity contribution is -0.133. The van der Waals surface area contributed by atoms with Crippen LogP contribution in [0.25, 0.3) is 0 Å². The van der Waals surface area contributed by atoms with Crippen molar-refractivity contribution in [3.05, 3.63) is 35.4 Å². The number of ether oxygens (including phenoxy) is 1. The number of nitrogens with zero attached hydrogens (tertiary/aromatic N) is 2. The molecule has 0 N–H and O–H groups in total. The lowest BCUT2D eigenvalue weighted by Crippen LogP contribution is -2.51. The Morgan fingerprint density at radius 3 is 2.24 bits per heavy atom. The monoisotopic (exact) mass is 532 g/mol. The van der Waals surface area contributed by atoms with E-state index in [1.165, 1.54) is 0 Å². The van der Waals surface area contributed by atoms with Crippen LogP contribution in [0.15, 0.2) is 29.3 Å². The van der Waals surface area contributed by atoms with Crippen molar-refractivity contribution in [2.75, 3.05) is 0 Å². The second-order valence-electron chi connectivity index (χ2n) is 11.8. The van der Waals surface area contributed by atoms with Crippen LogP contribution in [0.1, 0.15) is 109 Å². The maximum atomic E-state index is 13.5. The number of hydrogen-bond acceptors (Lipinski definition) is 4. The molecule has 34 heavy (non-hydrogen) atoms. The van der Waals surface area contributed by atoms with E-state index in [-0.39, 0.29) is 29.4 Å². The molecule has 1 saturated carbocycles. The maximum absolute atomic E-state index is 13.5. The second-order valence-corrected chi connectivity index (χ2v) is 12.6. The zero-order valence-corrected chi connectivity index (χ0v) is 23.4. The van der Waals surface area contributed by atoms with E-state index in [1.54, 1.807) is 0 Å². The molecular formula is C28H41BrN2O3. The van der Waals surface area contributed by atoms with Gasteiger partial charge in [-0.2, -0.15) is 0 Å². The first kappa shape index (κ1) is 26.9. The van der Waals surface area contributed by atoms with E-state index >= 15 is 0 Å². The van der Waals surface area contributed by atoms with Crippen LogP contribution in [0.4, 0.5) is 0 Å². The number of benzene rings is 1. The number of aliphatic imine (C=N–C) groups is 1. The topological polar surface area (TPSA) is 59.0 Å². The minimum Gasteiger partial charge on any atom is -0.459 e. The van der Waals surface area contributed by atoms with Gasteiger partial charge in [0.05, 0.1) is 17.7 Å². The van der Waals surface area contributed by atoms with E-state index in [9.17, 15) is 9.59 Å². The van der Waals surface area contributed by atoms with Crippen LogP contribution < -0.4 is 0 Å². The first-order valence-corrected chi connectivity index (χ1v) is 13.5. The molecule has 5 nitrogen and oxygen atoms in total. The molecule has 0 radical (unpaired) electrons. The fourth-order valence-electron chi connectivity index (χ4n) is 5.26. The molecule has 1 aliphatic carbocycles. The van der Waals surface area contributed by atoms with Crippen LogP contribution >= 0.6 is 15.9 Å². The smallest absolute Gasteiger partial charge is 0.338 e. The van der Waals surface area contributed by atoms with Gasteiger partial charge in [0, 0.05) is 0 Å². The van der Waals surface area contributed by atoms with Gasteiger partial charge in [0.1, 0.15) is 5.66 Å². The number of carbonyl (C=O) groups excluding carboxylic acids is 2. The van der Waals surface area contributed by atoms with Crippen LogP contribution in [0.2, 0.25) is 0 Å². The predicted molar refractivity (Wildman–Crippen MR) is 141 cm³/mol. The molecule has 1 fully saturated rings. The van der Waals surface area contributed by atoms with Gasteiger partial charge >= 0.3 is 5.97 Å². The molecule has 3 rings (SSSR count). The van der Waals surface area contributed by atoms with Crippen molar-refractivity contribution >= 4 is 32.4 Å². The zero-order valence-electron chi connectivity index (χ0n) is 21.9. The van der Waals surface area contributed by atoms with Crippen LogP contribution in [0, 0.1) is 17.3 Å². The molecule has 1 atom stereocenters. The molecule has 0 aromatic heterocycles. The number of hydrogen-bond donors (Lipinski definition) is 0. The van der Waals surface area contributed by atoms with Crippen molar-refractivity contribution in [2.45, 2.75) is 105 Å². The van der Waals surface area contributed by atoms with Gasteiger partial charge in [-0.05, 0) is 103 Å². The third-order valence-corrected chi connectivity index (χ3v) is 7.79. The Balaban J connectivity index is 1.94. The van der Waals surface area contributed by atoms with Gasteiger partial charge in [-0.15, -0.1) is 0 Å². The van der Waals surface area contributed by atoms with Gasteiger partial charge in [-0.1, -0.05) is 46.8 Å². The van der Waals surface area contributed by atoms with Crippen molar-refractivity contribution in [1.82, 2.24) is 4.90 Å². The molecule has 1 aromatic rings. The molecule has 1 spiro atoms. The Kier molecular flexibility index (Phi) is 8.32. The molecule has 0 bridgehead atoms. The molecule has 188 valence electrons. The molecule has 1 heterocycles. The normalized spacial score (nSPS) is 24.2. The fourth-order valence-corrected chi connectivity index (χ4v) is 5.79. The molecule has 6 heteroatoms. The summed E-state index contributed by atoms with van der Waals surface area (Å²) in [6, 6.07) is 7.51. The lowest BCUT2D eigenvalue weighted by Gasteiger charge is -2.46. The van der Waals surface area contributed by atoms with Crippen molar-refractivity contribution in [2.24, 2.45) is 22.2 Å². The number of amides is 1. The Labute approximate surface area is 213 Å². The first-order valence-electron chi connectivity index (χ1n) is 12.7. The summed E-state index contributed by atoms with van der Waals surface area (Å²) in [5.74, 6) is 0.978. The molecule has 2 aliphatic rings. The average molecular weight is 534 g/mol. The lowest BCUT2D eigenvalue weighted by atomic mass is 9.75. The van der Waals surface area contributed by atoms with E-state index in [4.69, 9.17) is 9.73 Å². The van der Waals surface area contributed by atoms with Gasteiger partial charge in [0.2, 0.25) is 0 Å². The zero-order chi connectivity index (χ0) is 25.3. The van der Waals surface area contributed by atoms with Crippen molar-refractivity contribution in [3.8, 4) is 0 Å². The Morgan fingerprint density at radius 2 is 1.74 bits per heavy atom. The number of rotatable bonds is 7. The van der Waals surface area contributed by atoms with Gasteiger partial charge in [0.25, 0.3) is 5.91 Å². The SMILES string of the molecule is CC(C)OC(=O)c1ccc([C@@H](CCC(C)(C)C)N2C(=O)C(Br)=NC23CCC(C(C)C)CC3)cc1. The summed E-state index contributed by atoms with van der Waals surface area (Å²) in [7, 11) is 0. The third kappa shape index (κ3) is 6.10. The van der Waals surface area contributed by atoms with E-state index < -0.39 is 5.66 Å². The first-order chi connectivity index (χ1) is 15.8. The summed E-state index contributed by atoms with van der Waals surface area (Å²) in [6.45, 7) is 15.0. The second kappa shape index (κ2) is 10.5.